The Morgan fingerprint density at radius 1 is 0.531 bits per heavy atom. The van der Waals surface area contributed by atoms with E-state index in [1.54, 1.807) is 0 Å². The van der Waals surface area contributed by atoms with Crippen LogP contribution in [0.25, 0.3) is 0 Å². The molecular weight excluding hydrogens is 641 g/mol. The number of ether oxygens (including phenoxy) is 2. The minimum atomic E-state index is -4.36. The largest absolute Gasteiger partial charge is 0.472 e. The number of esters is 2. The van der Waals surface area contributed by atoms with Crippen molar-refractivity contribution in [2.24, 2.45) is 5.73 Å². The highest BCUT2D eigenvalue weighted by molar-refractivity contribution is 7.47. The number of hydrogen-bond donors (Lipinski definition) is 2. The predicted octanol–water partition coefficient (Wildman–Crippen LogP) is 11.3. The molecule has 0 aromatic heterocycles. The van der Waals surface area contributed by atoms with E-state index in [9.17, 15) is 19.0 Å². The van der Waals surface area contributed by atoms with Crippen LogP contribution < -0.4 is 5.73 Å². The van der Waals surface area contributed by atoms with Gasteiger partial charge in [-0.2, -0.15) is 0 Å². The minimum absolute atomic E-state index is 0.0579. The zero-order valence-corrected chi connectivity index (χ0v) is 32.8. The number of phosphoric ester groups is 1. The summed E-state index contributed by atoms with van der Waals surface area (Å²) in [6, 6.07) is 0. The first-order valence-corrected chi connectivity index (χ1v) is 22.0. The first-order chi connectivity index (χ1) is 23.8. The van der Waals surface area contributed by atoms with Crippen LogP contribution in [0.2, 0.25) is 0 Å². The van der Waals surface area contributed by atoms with Gasteiger partial charge in [-0.1, -0.05) is 181 Å². The van der Waals surface area contributed by atoms with E-state index in [0.29, 0.717) is 6.42 Å². The molecule has 0 saturated carbocycles. The van der Waals surface area contributed by atoms with Gasteiger partial charge in [0.15, 0.2) is 6.10 Å². The van der Waals surface area contributed by atoms with Gasteiger partial charge in [0.2, 0.25) is 0 Å². The highest BCUT2D eigenvalue weighted by Crippen LogP contribution is 2.43. The van der Waals surface area contributed by atoms with Crippen LogP contribution in [0.5, 0.6) is 0 Å². The van der Waals surface area contributed by atoms with Crippen LogP contribution >= 0.6 is 7.82 Å². The van der Waals surface area contributed by atoms with Crippen LogP contribution in [-0.2, 0) is 32.7 Å². The van der Waals surface area contributed by atoms with E-state index in [2.05, 4.69) is 13.8 Å². The van der Waals surface area contributed by atoms with Gasteiger partial charge in [-0.05, 0) is 12.8 Å². The smallest absolute Gasteiger partial charge is 0.462 e. The highest BCUT2D eigenvalue weighted by Gasteiger charge is 2.26. The van der Waals surface area contributed by atoms with Crippen molar-refractivity contribution < 1.29 is 37.6 Å². The lowest BCUT2D eigenvalue weighted by Crippen LogP contribution is -2.29. The second-order valence-corrected chi connectivity index (χ2v) is 15.3. The molecule has 0 rings (SSSR count). The van der Waals surface area contributed by atoms with Crippen molar-refractivity contribution >= 4 is 19.8 Å². The Hall–Kier alpha value is -0.990. The zero-order valence-electron chi connectivity index (χ0n) is 31.9. The van der Waals surface area contributed by atoms with E-state index in [4.69, 9.17) is 24.3 Å². The van der Waals surface area contributed by atoms with E-state index < -0.39 is 26.5 Å². The molecule has 0 bridgehead atoms. The van der Waals surface area contributed by atoms with Gasteiger partial charge in [-0.3, -0.25) is 18.6 Å². The van der Waals surface area contributed by atoms with Crippen LogP contribution in [0.1, 0.15) is 206 Å². The molecule has 9 nitrogen and oxygen atoms in total. The zero-order chi connectivity index (χ0) is 36.1. The molecule has 0 heterocycles. The quantitative estimate of drug-likeness (QED) is 0.0361. The fourth-order valence-electron chi connectivity index (χ4n) is 5.93. The monoisotopic (exact) mass is 720 g/mol. The standard InChI is InChI=1S/C39H78NO8P/c1-3-5-7-9-11-13-15-16-17-18-19-20-22-24-26-28-30-32-39(42)48-37(36-47-49(43,44)46-34-33-40)35-45-38(41)31-29-27-25-23-21-14-12-10-8-6-4-2/h37H,3-36,40H2,1-2H3,(H,43,44)/t37-/m1/s1. The second-order valence-electron chi connectivity index (χ2n) is 13.9. The summed E-state index contributed by atoms with van der Waals surface area (Å²) in [4.78, 5) is 34.7. The first-order valence-electron chi connectivity index (χ1n) is 20.5. The summed E-state index contributed by atoms with van der Waals surface area (Å²) in [6.07, 6.45) is 34.1. The number of rotatable bonds is 39. The number of unbranched alkanes of at least 4 members (excludes halogenated alkanes) is 26. The van der Waals surface area contributed by atoms with Crippen molar-refractivity contribution in [1.29, 1.82) is 0 Å². The third-order valence-electron chi connectivity index (χ3n) is 8.99. The lowest BCUT2D eigenvalue weighted by atomic mass is 10.0. The average Bonchev–Trinajstić information content (AvgIpc) is 3.08. The Bertz CT molecular complexity index is 784. The van der Waals surface area contributed by atoms with Crippen molar-refractivity contribution in [2.75, 3.05) is 26.4 Å². The molecule has 0 radical (unpaired) electrons. The van der Waals surface area contributed by atoms with Gasteiger partial charge in [0, 0.05) is 19.4 Å². The van der Waals surface area contributed by atoms with Crippen molar-refractivity contribution in [3.63, 3.8) is 0 Å². The molecule has 2 atom stereocenters. The summed E-state index contributed by atoms with van der Waals surface area (Å²) in [5.41, 5.74) is 5.34. The van der Waals surface area contributed by atoms with Crippen molar-refractivity contribution in [3.8, 4) is 0 Å². The molecule has 0 aliphatic rings. The van der Waals surface area contributed by atoms with Gasteiger partial charge < -0.3 is 20.1 Å². The molecule has 292 valence electrons. The lowest BCUT2D eigenvalue weighted by Gasteiger charge is -2.19. The Balaban J connectivity index is 4.12. The maximum atomic E-state index is 12.5. The molecule has 0 saturated heterocycles. The summed E-state index contributed by atoms with van der Waals surface area (Å²) in [6.45, 7) is 3.75. The maximum Gasteiger partial charge on any atom is 0.472 e. The highest BCUT2D eigenvalue weighted by atomic mass is 31.2. The molecule has 0 spiro atoms. The fourth-order valence-corrected chi connectivity index (χ4v) is 6.69. The Morgan fingerprint density at radius 2 is 0.878 bits per heavy atom. The maximum absolute atomic E-state index is 12.5. The van der Waals surface area contributed by atoms with Gasteiger partial charge in [-0.15, -0.1) is 0 Å². The molecular formula is C39H78NO8P. The number of phosphoric acid groups is 1. The third-order valence-corrected chi connectivity index (χ3v) is 9.98. The summed E-state index contributed by atoms with van der Waals surface area (Å²) in [5, 5.41) is 0. The Labute approximate surface area is 301 Å². The molecule has 10 heteroatoms. The van der Waals surface area contributed by atoms with Crippen molar-refractivity contribution in [1.82, 2.24) is 0 Å². The molecule has 0 amide bonds. The molecule has 3 N–H and O–H groups in total. The van der Waals surface area contributed by atoms with E-state index in [0.717, 1.165) is 32.1 Å². The van der Waals surface area contributed by atoms with E-state index in [1.165, 1.54) is 141 Å². The Morgan fingerprint density at radius 3 is 1.24 bits per heavy atom. The summed E-state index contributed by atoms with van der Waals surface area (Å²) < 4.78 is 32.7. The van der Waals surface area contributed by atoms with E-state index in [1.807, 2.05) is 0 Å². The van der Waals surface area contributed by atoms with Gasteiger partial charge in [0.25, 0.3) is 0 Å². The number of nitrogens with two attached hydrogens (primary N) is 1. The van der Waals surface area contributed by atoms with Gasteiger partial charge >= 0.3 is 19.8 Å². The number of carbonyl (C=O) groups is 2. The molecule has 0 aromatic carbocycles. The molecule has 0 aromatic rings. The number of carbonyl (C=O) groups excluding carboxylic acids is 2. The topological polar surface area (TPSA) is 134 Å². The van der Waals surface area contributed by atoms with E-state index >= 15 is 0 Å². The normalized spacial score (nSPS) is 13.3. The molecule has 49 heavy (non-hydrogen) atoms. The molecule has 0 fully saturated rings. The summed E-state index contributed by atoms with van der Waals surface area (Å²) >= 11 is 0. The van der Waals surface area contributed by atoms with Crippen LogP contribution in [0.15, 0.2) is 0 Å². The first kappa shape index (κ1) is 48.0. The van der Waals surface area contributed by atoms with Gasteiger partial charge in [0.05, 0.1) is 13.2 Å². The van der Waals surface area contributed by atoms with Gasteiger partial charge in [0.1, 0.15) is 6.61 Å². The second kappa shape index (κ2) is 36.8. The fraction of sp³-hybridized carbons (Fsp3) is 0.949. The molecule has 1 unspecified atom stereocenters. The van der Waals surface area contributed by atoms with Crippen LogP contribution in [0.3, 0.4) is 0 Å². The van der Waals surface area contributed by atoms with Crippen LogP contribution in [0.4, 0.5) is 0 Å². The lowest BCUT2D eigenvalue weighted by molar-refractivity contribution is -0.161. The van der Waals surface area contributed by atoms with Crippen LogP contribution in [0, 0.1) is 0 Å². The predicted molar refractivity (Wildman–Crippen MR) is 201 cm³/mol. The summed E-state index contributed by atoms with van der Waals surface area (Å²) in [7, 11) is -4.36. The van der Waals surface area contributed by atoms with Gasteiger partial charge in [-0.25, -0.2) is 4.57 Å². The SMILES string of the molecule is CCCCCCCCCCCCCCCCCCCC(=O)O[C@H](COC(=O)CCCCCCCCCCCCC)COP(=O)(O)OCCN. The van der Waals surface area contributed by atoms with Crippen molar-refractivity contribution in [3.05, 3.63) is 0 Å². The minimum Gasteiger partial charge on any atom is -0.462 e. The summed E-state index contributed by atoms with van der Waals surface area (Å²) in [5.74, 6) is -0.816. The van der Waals surface area contributed by atoms with Crippen molar-refractivity contribution in [2.45, 2.75) is 213 Å². The third kappa shape index (κ3) is 36.6. The number of hydrogen-bond acceptors (Lipinski definition) is 8. The van der Waals surface area contributed by atoms with Crippen LogP contribution in [-0.4, -0.2) is 49.3 Å². The average molecular weight is 720 g/mol. The molecule has 0 aliphatic heterocycles. The van der Waals surface area contributed by atoms with E-state index in [-0.39, 0.29) is 38.6 Å². The Kier molecular flexibility index (Phi) is 36.0. The molecule has 0 aliphatic carbocycles.